The number of nitrogens with two attached hydrogens (primary N) is 1. The first-order chi connectivity index (χ1) is 14.3. The molecule has 3 N–H and O–H groups in total. The van der Waals surface area contributed by atoms with E-state index in [0.717, 1.165) is 5.56 Å². The zero-order valence-electron chi connectivity index (χ0n) is 17.0. The number of rotatable bonds is 11. The van der Waals surface area contributed by atoms with Crippen molar-refractivity contribution in [3.63, 3.8) is 0 Å². The first kappa shape index (κ1) is 24.1. The first-order valence-electron chi connectivity index (χ1n) is 9.58. The largest absolute Gasteiger partial charge is 0.368 e. The summed E-state index contributed by atoms with van der Waals surface area (Å²) in [6.45, 7) is 4.05. The standard InChI is InChI=1S/C21H26ClN2O5P/c1-3-28-30(27,29-4-2)14-16-5-9-17(10-6-16)21(26)24-19(20(23)25)13-15-7-11-18(22)12-8-15/h5-12,19H,3-4,13-14H2,1-2H3,(H2,23,25)(H,24,26)/t19-/m1/s1. The highest BCUT2D eigenvalue weighted by molar-refractivity contribution is 7.53. The van der Waals surface area contributed by atoms with Crippen molar-refractivity contribution < 1.29 is 23.2 Å². The van der Waals surface area contributed by atoms with E-state index in [1.807, 2.05) is 0 Å². The number of nitrogens with one attached hydrogen (secondary N) is 1. The van der Waals surface area contributed by atoms with Gasteiger partial charge in [0.2, 0.25) is 5.91 Å². The molecule has 30 heavy (non-hydrogen) atoms. The minimum absolute atomic E-state index is 0.108. The summed E-state index contributed by atoms with van der Waals surface area (Å²) in [6.07, 6.45) is 0.360. The summed E-state index contributed by atoms with van der Waals surface area (Å²) in [7, 11) is -3.23. The van der Waals surface area contributed by atoms with E-state index in [1.165, 1.54) is 0 Å². The summed E-state index contributed by atoms with van der Waals surface area (Å²) in [6, 6.07) is 12.6. The monoisotopic (exact) mass is 452 g/mol. The zero-order valence-corrected chi connectivity index (χ0v) is 18.6. The third-order valence-corrected chi connectivity index (χ3v) is 6.55. The van der Waals surface area contributed by atoms with Crippen LogP contribution in [0.15, 0.2) is 48.5 Å². The fourth-order valence-electron chi connectivity index (χ4n) is 2.83. The van der Waals surface area contributed by atoms with Gasteiger partial charge in [0.15, 0.2) is 0 Å². The van der Waals surface area contributed by atoms with Gasteiger partial charge in [0.25, 0.3) is 5.91 Å². The lowest BCUT2D eigenvalue weighted by atomic mass is 10.0. The Morgan fingerprint density at radius 1 is 1.00 bits per heavy atom. The Kier molecular flexibility index (Phi) is 9.06. The molecule has 7 nitrogen and oxygen atoms in total. The summed E-state index contributed by atoms with van der Waals surface area (Å²) in [5.74, 6) is -1.07. The van der Waals surface area contributed by atoms with E-state index in [9.17, 15) is 14.2 Å². The molecule has 0 heterocycles. The Hall–Kier alpha value is -2.18. The summed E-state index contributed by atoms with van der Waals surface area (Å²) in [4.78, 5) is 24.4. The van der Waals surface area contributed by atoms with Crippen molar-refractivity contribution in [1.82, 2.24) is 5.32 Å². The molecule has 1 atom stereocenters. The van der Waals surface area contributed by atoms with E-state index in [1.54, 1.807) is 62.4 Å². The van der Waals surface area contributed by atoms with Crippen LogP contribution in [0.25, 0.3) is 0 Å². The van der Waals surface area contributed by atoms with E-state index in [0.29, 0.717) is 16.1 Å². The first-order valence-corrected chi connectivity index (χ1v) is 11.7. The van der Waals surface area contributed by atoms with Gasteiger partial charge in [-0.2, -0.15) is 0 Å². The van der Waals surface area contributed by atoms with Crippen LogP contribution in [-0.2, 0) is 31.0 Å². The van der Waals surface area contributed by atoms with Crippen molar-refractivity contribution in [2.75, 3.05) is 13.2 Å². The number of benzene rings is 2. The molecule has 0 fully saturated rings. The summed E-state index contributed by atoms with van der Waals surface area (Å²) < 4.78 is 23.2. The molecule has 0 spiro atoms. The van der Waals surface area contributed by atoms with Crippen molar-refractivity contribution in [3.8, 4) is 0 Å². The van der Waals surface area contributed by atoms with Gasteiger partial charge in [0, 0.05) is 17.0 Å². The topological polar surface area (TPSA) is 108 Å². The molecule has 0 aromatic heterocycles. The summed E-state index contributed by atoms with van der Waals surface area (Å²) in [5, 5.41) is 3.23. The van der Waals surface area contributed by atoms with E-state index in [2.05, 4.69) is 5.32 Å². The van der Waals surface area contributed by atoms with Crippen molar-refractivity contribution in [1.29, 1.82) is 0 Å². The van der Waals surface area contributed by atoms with Gasteiger partial charge in [-0.05, 0) is 49.2 Å². The second-order valence-electron chi connectivity index (χ2n) is 6.56. The van der Waals surface area contributed by atoms with Crippen LogP contribution in [0, 0.1) is 0 Å². The van der Waals surface area contributed by atoms with Crippen molar-refractivity contribution in [3.05, 3.63) is 70.2 Å². The number of carbonyl (C=O) groups excluding carboxylic acids is 2. The highest BCUT2D eigenvalue weighted by Gasteiger charge is 2.24. The average Bonchev–Trinajstić information content (AvgIpc) is 2.69. The maximum Gasteiger partial charge on any atom is 0.335 e. The minimum atomic E-state index is -3.23. The predicted molar refractivity (Wildman–Crippen MR) is 117 cm³/mol. The van der Waals surface area contributed by atoms with Gasteiger partial charge in [-0.3, -0.25) is 14.2 Å². The Morgan fingerprint density at radius 3 is 2.03 bits per heavy atom. The third-order valence-electron chi connectivity index (χ3n) is 4.25. The fourth-order valence-corrected chi connectivity index (χ4v) is 4.66. The Balaban J connectivity index is 2.05. The van der Waals surface area contributed by atoms with Crippen LogP contribution in [0.1, 0.15) is 35.3 Å². The molecule has 0 radical (unpaired) electrons. The zero-order chi connectivity index (χ0) is 22.1. The lowest BCUT2D eigenvalue weighted by Crippen LogP contribution is -2.45. The molecule has 9 heteroatoms. The van der Waals surface area contributed by atoms with Crippen molar-refractivity contribution in [2.45, 2.75) is 32.5 Å². The number of hydrogen-bond donors (Lipinski definition) is 2. The quantitative estimate of drug-likeness (QED) is 0.502. The molecule has 0 bridgehead atoms. The lowest BCUT2D eigenvalue weighted by Gasteiger charge is -2.17. The average molecular weight is 453 g/mol. The Bertz CT molecular complexity index is 893. The molecule has 162 valence electrons. The van der Waals surface area contributed by atoms with Crippen LogP contribution in [0.5, 0.6) is 0 Å². The van der Waals surface area contributed by atoms with Crippen LogP contribution in [0.2, 0.25) is 5.02 Å². The maximum absolute atomic E-state index is 12.6. The Morgan fingerprint density at radius 2 is 1.53 bits per heavy atom. The maximum atomic E-state index is 12.6. The SMILES string of the molecule is CCOP(=O)(Cc1ccc(C(=O)N[C@H](Cc2ccc(Cl)cc2)C(N)=O)cc1)OCC. The van der Waals surface area contributed by atoms with Crippen LogP contribution in [-0.4, -0.2) is 31.1 Å². The summed E-state index contributed by atoms with van der Waals surface area (Å²) >= 11 is 5.87. The molecule has 2 amide bonds. The molecule has 0 saturated carbocycles. The third kappa shape index (κ3) is 7.26. The van der Waals surface area contributed by atoms with Gasteiger partial charge < -0.3 is 20.1 Å². The highest BCUT2D eigenvalue weighted by Crippen LogP contribution is 2.51. The van der Waals surface area contributed by atoms with E-state index >= 15 is 0 Å². The van der Waals surface area contributed by atoms with Gasteiger partial charge in [-0.25, -0.2) is 0 Å². The molecule has 0 aliphatic carbocycles. The van der Waals surface area contributed by atoms with Crippen LogP contribution >= 0.6 is 19.2 Å². The molecular weight excluding hydrogens is 427 g/mol. The molecule has 0 unspecified atom stereocenters. The molecule has 0 aliphatic rings. The smallest absolute Gasteiger partial charge is 0.335 e. The molecule has 0 aliphatic heterocycles. The number of carbonyl (C=O) groups is 2. The molecule has 2 aromatic carbocycles. The number of halogens is 1. The molecule has 2 aromatic rings. The number of primary amides is 1. The van der Waals surface area contributed by atoms with Crippen molar-refractivity contribution in [2.24, 2.45) is 5.73 Å². The fraction of sp³-hybridized carbons (Fsp3) is 0.333. The predicted octanol–water partition coefficient (Wildman–Crippen LogP) is 3.93. The van der Waals surface area contributed by atoms with E-state index in [4.69, 9.17) is 26.4 Å². The lowest BCUT2D eigenvalue weighted by molar-refractivity contribution is -0.119. The Labute approximate surface area is 181 Å². The van der Waals surface area contributed by atoms with Gasteiger partial charge in [-0.1, -0.05) is 35.9 Å². The van der Waals surface area contributed by atoms with E-state index in [-0.39, 0.29) is 25.8 Å². The van der Waals surface area contributed by atoms with Crippen molar-refractivity contribution >= 4 is 31.0 Å². The highest BCUT2D eigenvalue weighted by atomic mass is 35.5. The van der Waals surface area contributed by atoms with E-state index < -0.39 is 25.5 Å². The van der Waals surface area contributed by atoms with Crippen LogP contribution < -0.4 is 11.1 Å². The van der Waals surface area contributed by atoms with Crippen LogP contribution in [0.3, 0.4) is 0 Å². The molecule has 0 saturated heterocycles. The second kappa shape index (κ2) is 11.3. The normalized spacial score (nSPS) is 12.4. The van der Waals surface area contributed by atoms with Crippen LogP contribution in [0.4, 0.5) is 0 Å². The van der Waals surface area contributed by atoms with Gasteiger partial charge in [0.05, 0.1) is 19.4 Å². The number of hydrogen-bond acceptors (Lipinski definition) is 5. The van der Waals surface area contributed by atoms with Gasteiger partial charge in [-0.15, -0.1) is 0 Å². The minimum Gasteiger partial charge on any atom is -0.368 e. The molecular formula is C21H26ClN2O5P. The molecule has 2 rings (SSSR count). The number of amides is 2. The summed E-state index contributed by atoms with van der Waals surface area (Å²) in [5.41, 5.74) is 7.34. The van der Waals surface area contributed by atoms with Gasteiger partial charge in [0.1, 0.15) is 6.04 Å². The van der Waals surface area contributed by atoms with Gasteiger partial charge >= 0.3 is 7.60 Å². The second-order valence-corrected chi connectivity index (χ2v) is 9.05.